The van der Waals surface area contributed by atoms with E-state index < -0.39 is 0 Å². The van der Waals surface area contributed by atoms with E-state index in [-0.39, 0.29) is 0 Å². The third-order valence-corrected chi connectivity index (χ3v) is 2.85. The highest BCUT2D eigenvalue weighted by Crippen LogP contribution is 2.26. The van der Waals surface area contributed by atoms with Crippen molar-refractivity contribution in [3.63, 3.8) is 0 Å². The second kappa shape index (κ2) is 3.54. The SMILES string of the molecule is Cc1ccc(-c2c(C)nn(C)c2C)cc1. The summed E-state index contributed by atoms with van der Waals surface area (Å²) in [6, 6.07) is 8.60. The fourth-order valence-electron chi connectivity index (χ4n) is 1.91. The van der Waals surface area contributed by atoms with Crippen LogP contribution in [0.1, 0.15) is 17.0 Å². The molecule has 0 saturated carbocycles. The minimum atomic E-state index is 1.10. The van der Waals surface area contributed by atoms with Crippen molar-refractivity contribution in [2.45, 2.75) is 20.8 Å². The van der Waals surface area contributed by atoms with E-state index in [0.717, 1.165) is 5.69 Å². The summed E-state index contributed by atoms with van der Waals surface area (Å²) in [5.74, 6) is 0. The lowest BCUT2D eigenvalue weighted by atomic mass is 10.0. The lowest BCUT2D eigenvalue weighted by Crippen LogP contribution is -1.92. The Morgan fingerprint density at radius 2 is 1.60 bits per heavy atom. The summed E-state index contributed by atoms with van der Waals surface area (Å²) in [7, 11) is 1.99. The lowest BCUT2D eigenvalue weighted by molar-refractivity contribution is 0.731. The molecule has 2 aromatic rings. The van der Waals surface area contributed by atoms with Crippen LogP contribution in [0, 0.1) is 20.8 Å². The van der Waals surface area contributed by atoms with Gasteiger partial charge < -0.3 is 0 Å². The van der Waals surface area contributed by atoms with Gasteiger partial charge in [0, 0.05) is 18.3 Å². The molecule has 2 heteroatoms. The number of nitrogens with zero attached hydrogens (tertiary/aromatic N) is 2. The van der Waals surface area contributed by atoms with Crippen molar-refractivity contribution < 1.29 is 0 Å². The van der Waals surface area contributed by atoms with Crippen LogP contribution in [0.25, 0.3) is 11.1 Å². The molecule has 0 N–H and O–H groups in total. The van der Waals surface area contributed by atoms with Crippen molar-refractivity contribution in [1.29, 1.82) is 0 Å². The summed E-state index contributed by atoms with van der Waals surface area (Å²) in [5, 5.41) is 4.43. The summed E-state index contributed by atoms with van der Waals surface area (Å²) >= 11 is 0. The summed E-state index contributed by atoms with van der Waals surface area (Å²) < 4.78 is 1.94. The van der Waals surface area contributed by atoms with E-state index in [0.29, 0.717) is 0 Å². The van der Waals surface area contributed by atoms with E-state index >= 15 is 0 Å². The van der Waals surface area contributed by atoms with Gasteiger partial charge in [0.05, 0.1) is 5.69 Å². The van der Waals surface area contributed by atoms with Gasteiger partial charge in [0.1, 0.15) is 0 Å². The maximum Gasteiger partial charge on any atom is 0.0674 e. The van der Waals surface area contributed by atoms with Gasteiger partial charge in [-0.05, 0) is 26.3 Å². The van der Waals surface area contributed by atoms with Gasteiger partial charge in [-0.1, -0.05) is 29.8 Å². The average Bonchev–Trinajstić information content (AvgIpc) is 2.44. The summed E-state index contributed by atoms with van der Waals surface area (Å²) in [6.45, 7) is 6.27. The molecule has 15 heavy (non-hydrogen) atoms. The molecule has 78 valence electrons. The van der Waals surface area contributed by atoms with Crippen LogP contribution in [-0.2, 0) is 7.05 Å². The van der Waals surface area contributed by atoms with Crippen LogP contribution < -0.4 is 0 Å². The second-order valence-electron chi connectivity index (χ2n) is 4.04. The Kier molecular flexibility index (Phi) is 2.35. The highest BCUT2D eigenvalue weighted by Gasteiger charge is 2.10. The molecule has 0 radical (unpaired) electrons. The van der Waals surface area contributed by atoms with Gasteiger partial charge in [0.25, 0.3) is 0 Å². The largest absolute Gasteiger partial charge is 0.272 e. The number of hydrogen-bond donors (Lipinski definition) is 0. The van der Waals surface area contributed by atoms with Gasteiger partial charge >= 0.3 is 0 Å². The van der Waals surface area contributed by atoms with Crippen molar-refractivity contribution in [1.82, 2.24) is 9.78 Å². The minimum Gasteiger partial charge on any atom is -0.272 e. The van der Waals surface area contributed by atoms with Gasteiger partial charge in [0.2, 0.25) is 0 Å². The predicted molar refractivity (Wildman–Crippen MR) is 62.9 cm³/mol. The van der Waals surface area contributed by atoms with E-state index in [1.807, 2.05) is 11.7 Å². The molecule has 1 heterocycles. The minimum absolute atomic E-state index is 1.10. The number of rotatable bonds is 1. The van der Waals surface area contributed by atoms with Gasteiger partial charge in [-0.3, -0.25) is 4.68 Å². The molecule has 1 aromatic heterocycles. The highest BCUT2D eigenvalue weighted by atomic mass is 15.3. The summed E-state index contributed by atoms with van der Waals surface area (Å²) in [6.07, 6.45) is 0. The van der Waals surface area contributed by atoms with Crippen molar-refractivity contribution in [3.05, 3.63) is 41.2 Å². The van der Waals surface area contributed by atoms with Gasteiger partial charge in [-0.15, -0.1) is 0 Å². The summed E-state index contributed by atoms with van der Waals surface area (Å²) in [4.78, 5) is 0. The molecular formula is C13H16N2. The van der Waals surface area contributed by atoms with Gasteiger partial charge in [-0.25, -0.2) is 0 Å². The van der Waals surface area contributed by atoms with Crippen molar-refractivity contribution >= 4 is 0 Å². The quantitative estimate of drug-likeness (QED) is 0.692. The van der Waals surface area contributed by atoms with Crippen LogP contribution in [0.4, 0.5) is 0 Å². The molecule has 0 aliphatic rings. The molecule has 2 nitrogen and oxygen atoms in total. The van der Waals surface area contributed by atoms with Crippen LogP contribution in [0.3, 0.4) is 0 Å². The third-order valence-electron chi connectivity index (χ3n) is 2.85. The number of aryl methyl sites for hydroxylation is 3. The molecular weight excluding hydrogens is 184 g/mol. The zero-order chi connectivity index (χ0) is 11.0. The number of aromatic nitrogens is 2. The van der Waals surface area contributed by atoms with E-state index in [2.05, 4.69) is 50.1 Å². The van der Waals surface area contributed by atoms with E-state index in [4.69, 9.17) is 0 Å². The monoisotopic (exact) mass is 200 g/mol. The van der Waals surface area contributed by atoms with E-state index in [9.17, 15) is 0 Å². The first-order valence-electron chi connectivity index (χ1n) is 5.17. The van der Waals surface area contributed by atoms with E-state index in [1.54, 1.807) is 0 Å². The van der Waals surface area contributed by atoms with Crippen LogP contribution in [0.15, 0.2) is 24.3 Å². The maximum absolute atomic E-state index is 4.43. The van der Waals surface area contributed by atoms with Crippen molar-refractivity contribution in [2.24, 2.45) is 7.05 Å². The first kappa shape index (κ1) is 9.97. The maximum atomic E-state index is 4.43. The summed E-state index contributed by atoms with van der Waals surface area (Å²) in [5.41, 5.74) is 6.12. The number of benzene rings is 1. The Morgan fingerprint density at radius 3 is 2.07 bits per heavy atom. The van der Waals surface area contributed by atoms with Crippen LogP contribution in [0.5, 0.6) is 0 Å². The predicted octanol–water partition coefficient (Wildman–Crippen LogP) is 3.01. The van der Waals surface area contributed by atoms with Crippen molar-refractivity contribution in [3.8, 4) is 11.1 Å². The Labute approximate surface area is 90.6 Å². The second-order valence-corrected chi connectivity index (χ2v) is 4.04. The Morgan fingerprint density at radius 1 is 1.00 bits per heavy atom. The molecule has 0 unspecified atom stereocenters. The molecule has 0 aliphatic carbocycles. The zero-order valence-electron chi connectivity index (χ0n) is 9.70. The normalized spacial score (nSPS) is 10.7. The smallest absolute Gasteiger partial charge is 0.0674 e. The van der Waals surface area contributed by atoms with Gasteiger partial charge in [0.15, 0.2) is 0 Å². The Balaban J connectivity index is 2.58. The molecule has 2 rings (SSSR count). The Bertz CT molecular complexity index is 478. The Hall–Kier alpha value is -1.57. The first-order valence-corrected chi connectivity index (χ1v) is 5.17. The number of hydrogen-bond acceptors (Lipinski definition) is 1. The highest BCUT2D eigenvalue weighted by molar-refractivity contribution is 5.68. The third kappa shape index (κ3) is 1.67. The molecule has 0 fully saturated rings. The zero-order valence-corrected chi connectivity index (χ0v) is 9.70. The fourth-order valence-corrected chi connectivity index (χ4v) is 1.91. The van der Waals surface area contributed by atoms with Crippen LogP contribution >= 0.6 is 0 Å². The van der Waals surface area contributed by atoms with E-state index in [1.165, 1.54) is 22.4 Å². The lowest BCUT2D eigenvalue weighted by Gasteiger charge is -2.02. The van der Waals surface area contributed by atoms with Crippen LogP contribution in [0.2, 0.25) is 0 Å². The standard InChI is InChI=1S/C13H16N2/c1-9-5-7-12(8-6-9)13-10(2)14-15(4)11(13)3/h5-8H,1-4H3. The van der Waals surface area contributed by atoms with Gasteiger partial charge in [-0.2, -0.15) is 5.10 Å². The molecule has 0 aliphatic heterocycles. The molecule has 0 spiro atoms. The first-order chi connectivity index (χ1) is 7.09. The molecule has 0 amide bonds. The molecule has 0 saturated heterocycles. The molecule has 0 bridgehead atoms. The molecule has 1 aromatic carbocycles. The van der Waals surface area contributed by atoms with Crippen LogP contribution in [-0.4, -0.2) is 9.78 Å². The average molecular weight is 200 g/mol. The van der Waals surface area contributed by atoms with Crippen molar-refractivity contribution in [2.75, 3.05) is 0 Å². The topological polar surface area (TPSA) is 17.8 Å². The molecule has 0 atom stereocenters. The fraction of sp³-hybridized carbons (Fsp3) is 0.308.